The molecule has 1 aliphatic rings. The van der Waals surface area contributed by atoms with E-state index in [1.54, 1.807) is 24.3 Å². The maximum atomic E-state index is 13.1. The topological polar surface area (TPSA) is 114 Å². The molecule has 1 aliphatic heterocycles. The van der Waals surface area contributed by atoms with E-state index < -0.39 is 16.9 Å². The number of nitrogens with zero attached hydrogens (tertiary/aromatic N) is 2. The lowest BCUT2D eigenvalue weighted by molar-refractivity contribution is -0.384. The predicted octanol–water partition coefficient (Wildman–Crippen LogP) is 2.63. The van der Waals surface area contributed by atoms with Crippen molar-refractivity contribution < 1.29 is 19.2 Å². The van der Waals surface area contributed by atoms with Crippen LogP contribution in [0.25, 0.3) is 11.0 Å². The molecule has 3 aromatic rings. The summed E-state index contributed by atoms with van der Waals surface area (Å²) < 4.78 is 5.76. The molecule has 142 valence electrons. The first kappa shape index (κ1) is 17.9. The highest BCUT2D eigenvalue weighted by molar-refractivity contribution is 5.99. The number of aliphatic hydroxyl groups excluding tert-OH is 1. The van der Waals surface area contributed by atoms with E-state index in [0.29, 0.717) is 23.0 Å². The van der Waals surface area contributed by atoms with Gasteiger partial charge in [0.15, 0.2) is 5.43 Å². The molecule has 28 heavy (non-hydrogen) atoms. The fourth-order valence-corrected chi connectivity index (χ4v) is 3.56. The second-order valence-electron chi connectivity index (χ2n) is 6.50. The zero-order valence-electron chi connectivity index (χ0n) is 14.7. The van der Waals surface area contributed by atoms with Crippen LogP contribution in [-0.2, 0) is 0 Å². The van der Waals surface area contributed by atoms with Crippen molar-refractivity contribution in [3.05, 3.63) is 85.8 Å². The number of benzene rings is 2. The highest BCUT2D eigenvalue weighted by Crippen LogP contribution is 2.38. The smallest absolute Gasteiger partial charge is 0.290 e. The standard InChI is InChI=1S/C20H16N2O6/c23-11-3-10-21-17(12-6-8-13(9-7-12)22(26)27)16-18(24)14-4-1-2-5-15(14)28-19(16)20(21)25/h1-2,4-9,17,23H,3,10-11H2/t17-/m1/s1. The monoisotopic (exact) mass is 380 g/mol. The van der Waals surface area contributed by atoms with Gasteiger partial charge in [-0.15, -0.1) is 0 Å². The van der Waals surface area contributed by atoms with Crippen molar-refractivity contribution in [2.75, 3.05) is 13.2 Å². The largest absolute Gasteiger partial charge is 0.450 e. The van der Waals surface area contributed by atoms with Gasteiger partial charge in [0.25, 0.3) is 11.6 Å². The molecule has 2 heterocycles. The molecular weight excluding hydrogens is 364 g/mol. The van der Waals surface area contributed by atoms with Gasteiger partial charge < -0.3 is 14.4 Å². The highest BCUT2D eigenvalue weighted by atomic mass is 16.6. The van der Waals surface area contributed by atoms with Gasteiger partial charge in [-0.05, 0) is 36.2 Å². The number of aliphatic hydroxyl groups is 1. The third kappa shape index (κ3) is 2.74. The average molecular weight is 380 g/mol. The van der Waals surface area contributed by atoms with E-state index in [9.17, 15) is 24.8 Å². The van der Waals surface area contributed by atoms with Gasteiger partial charge in [0.1, 0.15) is 5.58 Å². The molecule has 0 bridgehead atoms. The molecule has 1 aromatic heterocycles. The first-order valence-electron chi connectivity index (χ1n) is 8.75. The van der Waals surface area contributed by atoms with Gasteiger partial charge in [0, 0.05) is 25.3 Å². The van der Waals surface area contributed by atoms with Gasteiger partial charge in [-0.1, -0.05) is 12.1 Å². The lowest BCUT2D eigenvalue weighted by Crippen LogP contribution is -2.31. The molecule has 4 rings (SSSR count). The van der Waals surface area contributed by atoms with E-state index >= 15 is 0 Å². The maximum absolute atomic E-state index is 13.1. The molecule has 1 atom stereocenters. The fraction of sp³-hybridized carbons (Fsp3) is 0.200. The van der Waals surface area contributed by atoms with Crippen LogP contribution >= 0.6 is 0 Å². The second kappa shape index (κ2) is 6.90. The van der Waals surface area contributed by atoms with Crippen molar-refractivity contribution in [2.45, 2.75) is 12.5 Å². The minimum absolute atomic E-state index is 0.0232. The van der Waals surface area contributed by atoms with Crippen LogP contribution in [0.15, 0.2) is 57.7 Å². The number of nitro benzene ring substituents is 1. The molecule has 8 heteroatoms. The van der Waals surface area contributed by atoms with Crippen molar-refractivity contribution in [1.29, 1.82) is 0 Å². The summed E-state index contributed by atoms with van der Waals surface area (Å²) in [5.74, 6) is -0.459. The molecule has 0 spiro atoms. The van der Waals surface area contributed by atoms with Gasteiger partial charge in [-0.3, -0.25) is 19.7 Å². The van der Waals surface area contributed by atoms with Crippen molar-refractivity contribution in [3.8, 4) is 0 Å². The minimum Gasteiger partial charge on any atom is -0.450 e. The zero-order valence-corrected chi connectivity index (χ0v) is 14.7. The molecule has 0 saturated heterocycles. The molecule has 0 radical (unpaired) electrons. The first-order valence-corrected chi connectivity index (χ1v) is 8.75. The summed E-state index contributed by atoms with van der Waals surface area (Å²) >= 11 is 0. The van der Waals surface area contributed by atoms with Crippen LogP contribution in [0, 0.1) is 10.1 Å². The van der Waals surface area contributed by atoms with Crippen LogP contribution in [0.2, 0.25) is 0 Å². The van der Waals surface area contributed by atoms with Crippen LogP contribution in [0.5, 0.6) is 0 Å². The van der Waals surface area contributed by atoms with Gasteiger partial charge in [0.05, 0.1) is 21.9 Å². The van der Waals surface area contributed by atoms with E-state index in [4.69, 9.17) is 4.42 Å². The number of para-hydroxylation sites is 1. The SMILES string of the molecule is O=C1c2oc3ccccc3c(=O)c2[C@@H](c2ccc([N+](=O)[O-])cc2)N1CCCO. The summed E-state index contributed by atoms with van der Waals surface area (Å²) in [4.78, 5) is 38.0. The van der Waals surface area contributed by atoms with Gasteiger partial charge in [-0.25, -0.2) is 0 Å². The van der Waals surface area contributed by atoms with Crippen LogP contribution in [0.1, 0.15) is 34.1 Å². The molecule has 0 unspecified atom stereocenters. The average Bonchev–Trinajstić information content (AvgIpc) is 2.99. The Balaban J connectivity index is 1.92. The van der Waals surface area contributed by atoms with Crippen LogP contribution < -0.4 is 5.43 Å². The van der Waals surface area contributed by atoms with E-state index in [-0.39, 0.29) is 35.6 Å². The van der Waals surface area contributed by atoms with Gasteiger partial charge >= 0.3 is 0 Å². The lowest BCUT2D eigenvalue weighted by atomic mass is 9.98. The predicted molar refractivity (Wildman–Crippen MR) is 100 cm³/mol. The Kier molecular flexibility index (Phi) is 4.40. The Morgan fingerprint density at radius 1 is 1.11 bits per heavy atom. The maximum Gasteiger partial charge on any atom is 0.290 e. The summed E-state index contributed by atoms with van der Waals surface area (Å²) in [6.07, 6.45) is 0.330. The molecule has 1 N–H and O–H groups in total. The molecule has 8 nitrogen and oxygen atoms in total. The summed E-state index contributed by atoms with van der Waals surface area (Å²) in [5, 5.41) is 20.5. The Hall–Kier alpha value is -3.52. The summed E-state index contributed by atoms with van der Waals surface area (Å²) in [5.41, 5.74) is 0.723. The van der Waals surface area contributed by atoms with E-state index in [1.165, 1.54) is 29.2 Å². The molecule has 0 aliphatic carbocycles. The molecule has 0 fully saturated rings. The number of non-ortho nitro benzene ring substituents is 1. The van der Waals surface area contributed by atoms with Crippen LogP contribution in [0.3, 0.4) is 0 Å². The number of carbonyl (C=O) groups is 1. The van der Waals surface area contributed by atoms with Gasteiger partial charge in [-0.2, -0.15) is 0 Å². The first-order chi connectivity index (χ1) is 13.5. The van der Waals surface area contributed by atoms with Crippen LogP contribution in [0.4, 0.5) is 5.69 Å². The Morgan fingerprint density at radius 3 is 2.50 bits per heavy atom. The molecule has 0 saturated carbocycles. The van der Waals surface area contributed by atoms with Gasteiger partial charge in [0.2, 0.25) is 5.76 Å². The lowest BCUT2D eigenvalue weighted by Gasteiger charge is -2.24. The van der Waals surface area contributed by atoms with Crippen LogP contribution in [-0.4, -0.2) is 34.0 Å². The number of fused-ring (bicyclic) bond motifs is 2. The summed E-state index contributed by atoms with van der Waals surface area (Å²) in [6, 6.07) is 11.7. The van der Waals surface area contributed by atoms with E-state index in [1.807, 2.05) is 0 Å². The molecule has 1 amide bonds. The quantitative estimate of drug-likeness (QED) is 0.538. The number of carbonyl (C=O) groups excluding carboxylic acids is 1. The molecule has 2 aromatic carbocycles. The molecular formula is C20H16N2O6. The third-order valence-corrected chi connectivity index (χ3v) is 4.85. The highest BCUT2D eigenvalue weighted by Gasteiger charge is 2.42. The zero-order chi connectivity index (χ0) is 19.8. The number of rotatable bonds is 5. The Morgan fingerprint density at radius 2 is 1.82 bits per heavy atom. The Labute approximate surface area is 158 Å². The third-order valence-electron chi connectivity index (χ3n) is 4.85. The summed E-state index contributed by atoms with van der Waals surface area (Å²) in [7, 11) is 0. The number of hydrogen-bond acceptors (Lipinski definition) is 6. The minimum atomic E-state index is -0.726. The fourth-order valence-electron chi connectivity index (χ4n) is 3.56. The van der Waals surface area contributed by atoms with Crippen molar-refractivity contribution >= 4 is 22.6 Å². The number of nitro groups is 1. The van der Waals surface area contributed by atoms with E-state index in [2.05, 4.69) is 0 Å². The van der Waals surface area contributed by atoms with Crippen molar-refractivity contribution in [1.82, 2.24) is 4.90 Å². The Bertz CT molecular complexity index is 1140. The van der Waals surface area contributed by atoms with E-state index in [0.717, 1.165) is 0 Å². The second-order valence-corrected chi connectivity index (χ2v) is 6.50. The summed E-state index contributed by atoms with van der Waals surface area (Å²) in [6.45, 7) is 0.105. The van der Waals surface area contributed by atoms with Crippen molar-refractivity contribution in [3.63, 3.8) is 0 Å². The van der Waals surface area contributed by atoms with Crippen molar-refractivity contribution in [2.24, 2.45) is 0 Å². The normalized spacial score (nSPS) is 15.8. The number of amides is 1. The number of hydrogen-bond donors (Lipinski definition) is 1.